The Hall–Kier alpha value is -3.36. The molecule has 9 heteroatoms. The van der Waals surface area contributed by atoms with Crippen molar-refractivity contribution in [1.29, 1.82) is 0 Å². The van der Waals surface area contributed by atoms with Gasteiger partial charge in [-0.2, -0.15) is 0 Å². The third-order valence-corrected chi connectivity index (χ3v) is 4.70. The van der Waals surface area contributed by atoms with Gasteiger partial charge in [0.05, 0.1) is 4.92 Å². The Morgan fingerprint density at radius 1 is 1.14 bits per heavy atom. The first-order valence-corrected chi connectivity index (χ1v) is 9.11. The predicted octanol–water partition coefficient (Wildman–Crippen LogP) is 4.85. The van der Waals surface area contributed by atoms with Crippen molar-refractivity contribution in [3.63, 3.8) is 0 Å². The van der Waals surface area contributed by atoms with E-state index in [4.69, 9.17) is 11.6 Å². The summed E-state index contributed by atoms with van der Waals surface area (Å²) in [6.07, 6.45) is 4.16. The number of hydrogen-bond acceptors (Lipinski definition) is 6. The summed E-state index contributed by atoms with van der Waals surface area (Å²) in [6.45, 7) is 0. The van der Waals surface area contributed by atoms with E-state index in [0.717, 1.165) is 23.1 Å². The molecule has 3 aromatic rings. The first-order chi connectivity index (χ1) is 13.4. The van der Waals surface area contributed by atoms with E-state index < -0.39 is 10.8 Å². The van der Waals surface area contributed by atoms with Gasteiger partial charge >= 0.3 is 5.00 Å². The number of carbonyl (C=O) groups is 2. The zero-order valence-corrected chi connectivity index (χ0v) is 15.7. The summed E-state index contributed by atoms with van der Waals surface area (Å²) in [6, 6.07) is 13.2. The van der Waals surface area contributed by atoms with Crippen LogP contribution in [0.1, 0.15) is 26.3 Å². The first-order valence-electron chi connectivity index (χ1n) is 7.92. The molecule has 7 nitrogen and oxygen atoms in total. The van der Waals surface area contributed by atoms with E-state index in [2.05, 4.69) is 10.3 Å². The van der Waals surface area contributed by atoms with Crippen molar-refractivity contribution in [3.05, 3.63) is 92.6 Å². The van der Waals surface area contributed by atoms with Crippen LogP contribution in [0.15, 0.2) is 60.8 Å². The minimum Gasteiger partial charge on any atom is -0.298 e. The van der Waals surface area contributed by atoms with Crippen molar-refractivity contribution in [3.8, 4) is 0 Å². The summed E-state index contributed by atoms with van der Waals surface area (Å²) >= 11 is 6.67. The second kappa shape index (κ2) is 8.55. The predicted molar refractivity (Wildman–Crippen MR) is 108 cm³/mol. The smallest absolute Gasteiger partial charge is 0.298 e. The lowest BCUT2D eigenvalue weighted by molar-refractivity contribution is -0.380. The summed E-state index contributed by atoms with van der Waals surface area (Å²) in [7, 11) is 0. The Morgan fingerprint density at radius 3 is 2.50 bits per heavy atom. The molecule has 0 aliphatic carbocycles. The van der Waals surface area contributed by atoms with Gasteiger partial charge < -0.3 is 0 Å². The molecule has 28 heavy (non-hydrogen) atoms. The van der Waals surface area contributed by atoms with Crippen molar-refractivity contribution in [2.24, 2.45) is 0 Å². The number of nitrogens with zero attached hydrogens (tertiary/aromatic N) is 2. The van der Waals surface area contributed by atoms with Crippen LogP contribution in [-0.2, 0) is 0 Å². The van der Waals surface area contributed by atoms with E-state index >= 15 is 0 Å². The standard InChI is InChI=1S/C19H12ClN3O4S/c20-15-3-1-2-12(10-15)4-9-16(24)13-5-7-14(8-6-13)18(25)22-19-21-11-17(28-19)23(26)27/h1-11H,(H,21,22,25)/b9-4+. The molecule has 0 radical (unpaired) electrons. The molecule has 140 valence electrons. The average molecular weight is 414 g/mol. The lowest BCUT2D eigenvalue weighted by Crippen LogP contribution is -2.11. The highest BCUT2D eigenvalue weighted by atomic mass is 35.5. The molecule has 0 saturated heterocycles. The number of ketones is 1. The maximum absolute atomic E-state index is 12.2. The van der Waals surface area contributed by atoms with Crippen LogP contribution in [-0.4, -0.2) is 21.6 Å². The van der Waals surface area contributed by atoms with E-state index in [9.17, 15) is 19.7 Å². The van der Waals surface area contributed by atoms with E-state index in [1.54, 1.807) is 24.3 Å². The van der Waals surface area contributed by atoms with Gasteiger partial charge in [0.2, 0.25) is 0 Å². The number of hydrogen-bond donors (Lipinski definition) is 1. The highest BCUT2D eigenvalue weighted by molar-refractivity contribution is 7.18. The molecule has 0 fully saturated rings. The van der Waals surface area contributed by atoms with E-state index in [0.29, 0.717) is 16.1 Å². The molecule has 0 saturated carbocycles. The van der Waals surface area contributed by atoms with Crippen molar-refractivity contribution < 1.29 is 14.5 Å². The first kappa shape index (κ1) is 19.4. The Labute approximate surface area is 168 Å². The van der Waals surface area contributed by atoms with Gasteiger partial charge in [0, 0.05) is 16.1 Å². The molecular weight excluding hydrogens is 402 g/mol. The molecule has 2 aromatic carbocycles. The summed E-state index contributed by atoms with van der Waals surface area (Å²) in [4.78, 5) is 38.3. The normalized spacial score (nSPS) is 10.8. The Balaban J connectivity index is 1.65. The molecule has 0 aliphatic rings. The van der Waals surface area contributed by atoms with Gasteiger partial charge in [0.25, 0.3) is 5.91 Å². The van der Waals surface area contributed by atoms with Crippen LogP contribution in [0.5, 0.6) is 0 Å². The number of nitrogens with one attached hydrogen (secondary N) is 1. The quantitative estimate of drug-likeness (QED) is 0.269. The van der Waals surface area contributed by atoms with Gasteiger partial charge in [0.1, 0.15) is 6.20 Å². The molecular formula is C19H12ClN3O4S. The van der Waals surface area contributed by atoms with Crippen LogP contribution >= 0.6 is 22.9 Å². The fraction of sp³-hybridized carbons (Fsp3) is 0. The molecule has 1 aromatic heterocycles. The number of amides is 1. The van der Waals surface area contributed by atoms with Crippen LogP contribution in [0.4, 0.5) is 10.1 Å². The molecule has 0 aliphatic heterocycles. The number of carbonyl (C=O) groups excluding carboxylic acids is 2. The topological polar surface area (TPSA) is 102 Å². The summed E-state index contributed by atoms with van der Waals surface area (Å²) in [5, 5.41) is 13.7. The Bertz CT molecular complexity index is 1080. The van der Waals surface area contributed by atoms with E-state index in [-0.39, 0.29) is 15.9 Å². The van der Waals surface area contributed by atoms with Crippen molar-refractivity contribution in [1.82, 2.24) is 4.98 Å². The number of benzene rings is 2. The molecule has 1 N–H and O–H groups in total. The minimum absolute atomic E-state index is 0.126. The number of rotatable bonds is 6. The lowest BCUT2D eigenvalue weighted by Gasteiger charge is -2.02. The molecule has 0 bridgehead atoms. The van der Waals surface area contributed by atoms with Gasteiger partial charge in [-0.15, -0.1) is 0 Å². The van der Waals surface area contributed by atoms with Gasteiger partial charge in [-0.1, -0.05) is 41.9 Å². The number of allylic oxidation sites excluding steroid dienone is 1. The fourth-order valence-corrected chi connectivity index (χ4v) is 3.07. The van der Waals surface area contributed by atoms with Gasteiger partial charge in [-0.05, 0) is 47.2 Å². The molecule has 0 spiro atoms. The summed E-state index contributed by atoms with van der Waals surface area (Å²) in [5.41, 5.74) is 1.52. The highest BCUT2D eigenvalue weighted by Crippen LogP contribution is 2.25. The number of anilines is 1. The van der Waals surface area contributed by atoms with Crippen LogP contribution in [0.3, 0.4) is 0 Å². The summed E-state index contributed by atoms with van der Waals surface area (Å²) < 4.78 is 0. The maximum atomic E-state index is 12.2. The fourth-order valence-electron chi connectivity index (χ4n) is 2.24. The number of halogens is 1. The third kappa shape index (κ3) is 4.87. The molecule has 0 atom stereocenters. The largest absolute Gasteiger partial charge is 0.345 e. The third-order valence-electron chi connectivity index (χ3n) is 3.60. The van der Waals surface area contributed by atoms with Crippen molar-refractivity contribution in [2.75, 3.05) is 5.32 Å². The Kier molecular flexibility index (Phi) is 5.93. The van der Waals surface area contributed by atoms with E-state index in [1.165, 1.54) is 30.3 Å². The highest BCUT2D eigenvalue weighted by Gasteiger charge is 2.14. The molecule has 3 rings (SSSR count). The number of aromatic nitrogens is 1. The summed E-state index contributed by atoms with van der Waals surface area (Å²) in [5.74, 6) is -0.694. The van der Waals surface area contributed by atoms with E-state index in [1.807, 2.05) is 6.07 Å². The van der Waals surface area contributed by atoms with Crippen molar-refractivity contribution in [2.45, 2.75) is 0 Å². The zero-order valence-electron chi connectivity index (χ0n) is 14.2. The maximum Gasteiger partial charge on any atom is 0.345 e. The SMILES string of the molecule is O=C(/C=C/c1cccc(Cl)c1)c1ccc(C(=O)Nc2ncc([N+](=O)[O-])s2)cc1. The monoisotopic (exact) mass is 413 g/mol. The van der Waals surface area contributed by atoms with Crippen LogP contribution in [0.2, 0.25) is 5.02 Å². The average Bonchev–Trinajstić information content (AvgIpc) is 3.15. The number of thiazole rings is 1. The lowest BCUT2D eigenvalue weighted by atomic mass is 10.1. The van der Waals surface area contributed by atoms with Crippen LogP contribution in [0.25, 0.3) is 6.08 Å². The molecule has 1 heterocycles. The van der Waals surface area contributed by atoms with Crippen molar-refractivity contribution >= 4 is 50.8 Å². The van der Waals surface area contributed by atoms with Crippen LogP contribution in [0, 0.1) is 10.1 Å². The zero-order chi connectivity index (χ0) is 20.1. The molecule has 1 amide bonds. The molecule has 0 unspecified atom stereocenters. The minimum atomic E-state index is -0.579. The second-order valence-electron chi connectivity index (χ2n) is 5.54. The Morgan fingerprint density at radius 2 is 1.86 bits per heavy atom. The second-order valence-corrected chi connectivity index (χ2v) is 6.99. The number of nitro groups is 1. The van der Waals surface area contributed by atoms with Crippen LogP contribution < -0.4 is 5.32 Å². The van der Waals surface area contributed by atoms with Gasteiger partial charge in [0.15, 0.2) is 10.9 Å². The van der Waals surface area contributed by atoms with Gasteiger partial charge in [-0.3, -0.25) is 25.0 Å². The van der Waals surface area contributed by atoms with Gasteiger partial charge in [-0.25, -0.2) is 4.98 Å².